The maximum absolute atomic E-state index is 14.6. The molecule has 1 fully saturated rings. The maximum Gasteiger partial charge on any atom is 0.256 e. The number of pyridine rings is 1. The van der Waals surface area contributed by atoms with E-state index in [1.807, 2.05) is 33.9 Å². The van der Waals surface area contributed by atoms with E-state index in [0.29, 0.717) is 73.4 Å². The van der Waals surface area contributed by atoms with Crippen LogP contribution in [-0.4, -0.2) is 53.1 Å². The smallest absolute Gasteiger partial charge is 0.256 e. The number of halogens is 1. The molecule has 202 valence electrons. The zero-order valence-corrected chi connectivity index (χ0v) is 21.9. The molecule has 0 radical (unpaired) electrons. The summed E-state index contributed by atoms with van der Waals surface area (Å²) < 4.78 is 21.9. The number of amides is 2. The Kier molecular flexibility index (Phi) is 7.99. The molecular weight excluding hydrogens is 497 g/mol. The van der Waals surface area contributed by atoms with Crippen LogP contribution >= 0.6 is 0 Å². The van der Waals surface area contributed by atoms with Gasteiger partial charge in [-0.1, -0.05) is 18.2 Å². The van der Waals surface area contributed by atoms with Gasteiger partial charge < -0.3 is 25.3 Å². The SMILES string of the molecule is COCCn1cc(C(=O)N2CCC(c3cc(CN)ccc3F)CC2)c2c(NC(=O)c3ccncc3)cccc21. The minimum absolute atomic E-state index is 0.0267. The van der Waals surface area contributed by atoms with Gasteiger partial charge >= 0.3 is 0 Å². The van der Waals surface area contributed by atoms with E-state index >= 15 is 0 Å². The van der Waals surface area contributed by atoms with Gasteiger partial charge in [0, 0.05) is 62.8 Å². The molecule has 2 aromatic heterocycles. The van der Waals surface area contributed by atoms with E-state index in [-0.39, 0.29) is 23.5 Å². The van der Waals surface area contributed by atoms with E-state index in [2.05, 4.69) is 10.3 Å². The summed E-state index contributed by atoms with van der Waals surface area (Å²) in [5.41, 5.74) is 9.71. The molecule has 39 heavy (non-hydrogen) atoms. The summed E-state index contributed by atoms with van der Waals surface area (Å²) in [5, 5.41) is 3.67. The van der Waals surface area contributed by atoms with Crippen molar-refractivity contribution in [2.24, 2.45) is 5.73 Å². The van der Waals surface area contributed by atoms with Crippen LogP contribution < -0.4 is 11.1 Å². The van der Waals surface area contributed by atoms with Gasteiger partial charge in [0.25, 0.3) is 11.8 Å². The third-order valence-corrected chi connectivity index (χ3v) is 7.38. The standard InChI is InChI=1S/C30H32FN5O3/c1-39-16-15-36-19-24(28-26(3-2-4-27(28)36)34-29(37)22-7-11-33-12-8-22)30(38)35-13-9-21(10-14-35)23-17-20(18-32)5-6-25(23)31/h2-8,11-12,17,19,21H,9-10,13-16,18,32H2,1H3,(H,34,37). The Morgan fingerprint density at radius 1 is 1.13 bits per heavy atom. The minimum atomic E-state index is -0.282. The normalized spacial score (nSPS) is 14.1. The van der Waals surface area contributed by atoms with Crippen molar-refractivity contribution >= 4 is 28.4 Å². The zero-order valence-electron chi connectivity index (χ0n) is 21.9. The number of fused-ring (bicyclic) bond motifs is 1. The van der Waals surface area contributed by atoms with Gasteiger partial charge in [0.2, 0.25) is 0 Å². The largest absolute Gasteiger partial charge is 0.383 e. The number of methoxy groups -OCH3 is 1. The van der Waals surface area contributed by atoms with E-state index in [4.69, 9.17) is 10.5 Å². The lowest BCUT2D eigenvalue weighted by atomic mass is 9.88. The number of nitrogens with zero attached hydrogens (tertiary/aromatic N) is 3. The summed E-state index contributed by atoms with van der Waals surface area (Å²) in [6, 6.07) is 13.9. The Hall–Kier alpha value is -4.08. The number of anilines is 1. The molecule has 2 amide bonds. The number of hydrogen-bond donors (Lipinski definition) is 2. The second-order valence-electron chi connectivity index (χ2n) is 9.75. The van der Waals surface area contributed by atoms with Crippen molar-refractivity contribution in [3.63, 3.8) is 0 Å². The van der Waals surface area contributed by atoms with E-state index in [1.54, 1.807) is 43.8 Å². The van der Waals surface area contributed by atoms with Crippen LogP contribution in [0.4, 0.5) is 10.1 Å². The first kappa shape index (κ1) is 26.5. The summed E-state index contributed by atoms with van der Waals surface area (Å²) >= 11 is 0. The number of nitrogens with two attached hydrogens (primary N) is 1. The molecule has 8 nitrogen and oxygen atoms in total. The Balaban J connectivity index is 1.42. The number of benzene rings is 2. The molecule has 3 N–H and O–H groups in total. The number of likely N-dealkylation sites (tertiary alicyclic amines) is 1. The molecule has 2 aromatic carbocycles. The van der Waals surface area contributed by atoms with E-state index in [9.17, 15) is 14.0 Å². The van der Waals surface area contributed by atoms with E-state index in [1.165, 1.54) is 6.07 Å². The highest BCUT2D eigenvalue weighted by Gasteiger charge is 2.29. The van der Waals surface area contributed by atoms with Gasteiger partial charge in [0.15, 0.2) is 0 Å². The first-order chi connectivity index (χ1) is 19.0. The Labute approximate surface area is 226 Å². The lowest BCUT2D eigenvalue weighted by Gasteiger charge is -2.32. The van der Waals surface area contributed by atoms with Crippen molar-refractivity contribution in [1.82, 2.24) is 14.5 Å². The summed E-state index contributed by atoms with van der Waals surface area (Å²) in [6.45, 7) is 2.40. The Morgan fingerprint density at radius 3 is 2.62 bits per heavy atom. The van der Waals surface area contributed by atoms with Crippen molar-refractivity contribution in [3.8, 4) is 0 Å². The van der Waals surface area contributed by atoms with Crippen LogP contribution in [-0.2, 0) is 17.8 Å². The predicted octanol–water partition coefficient (Wildman–Crippen LogP) is 4.55. The summed E-state index contributed by atoms with van der Waals surface area (Å²) in [7, 11) is 1.63. The van der Waals surface area contributed by atoms with Crippen LogP contribution in [0.25, 0.3) is 10.9 Å². The summed E-state index contributed by atoms with van der Waals surface area (Å²) in [5.74, 6) is -0.599. The number of aromatic nitrogens is 2. The molecule has 1 saturated heterocycles. The molecule has 5 rings (SSSR count). The van der Waals surface area contributed by atoms with E-state index in [0.717, 1.165) is 11.1 Å². The molecule has 0 aliphatic carbocycles. The number of ether oxygens (including phenoxy) is 1. The lowest BCUT2D eigenvalue weighted by molar-refractivity contribution is 0.0713. The van der Waals surface area contributed by atoms with Crippen molar-refractivity contribution in [3.05, 3.63) is 95.2 Å². The number of hydrogen-bond acceptors (Lipinski definition) is 5. The maximum atomic E-state index is 14.6. The van der Waals surface area contributed by atoms with Crippen LogP contribution in [0.5, 0.6) is 0 Å². The summed E-state index contributed by atoms with van der Waals surface area (Å²) in [4.78, 5) is 32.6. The van der Waals surface area contributed by atoms with Gasteiger partial charge in [-0.25, -0.2) is 4.39 Å². The lowest BCUT2D eigenvalue weighted by Crippen LogP contribution is -2.38. The topological polar surface area (TPSA) is 102 Å². The zero-order chi connectivity index (χ0) is 27.4. The summed E-state index contributed by atoms with van der Waals surface area (Å²) in [6.07, 6.45) is 6.28. The molecule has 0 unspecified atom stereocenters. The van der Waals surface area contributed by atoms with Crippen LogP contribution in [0, 0.1) is 5.82 Å². The molecule has 3 heterocycles. The number of carbonyl (C=O) groups excluding carboxylic acids is 2. The monoisotopic (exact) mass is 529 g/mol. The van der Waals surface area contributed by atoms with Crippen molar-refractivity contribution in [2.75, 3.05) is 32.1 Å². The number of rotatable bonds is 8. The van der Waals surface area contributed by atoms with Crippen molar-refractivity contribution in [1.29, 1.82) is 0 Å². The average Bonchev–Trinajstić information content (AvgIpc) is 3.36. The van der Waals surface area contributed by atoms with Gasteiger partial charge in [-0.05, 0) is 60.2 Å². The molecule has 1 aliphatic heterocycles. The molecule has 0 saturated carbocycles. The van der Waals surface area contributed by atoms with Gasteiger partial charge in [0.05, 0.1) is 23.4 Å². The van der Waals surface area contributed by atoms with Crippen LogP contribution in [0.15, 0.2) is 67.1 Å². The fourth-order valence-electron chi connectivity index (χ4n) is 5.29. The first-order valence-electron chi connectivity index (χ1n) is 13.1. The van der Waals surface area contributed by atoms with Crippen LogP contribution in [0.2, 0.25) is 0 Å². The van der Waals surface area contributed by atoms with Gasteiger partial charge in [0.1, 0.15) is 5.82 Å². The number of carbonyl (C=O) groups is 2. The van der Waals surface area contributed by atoms with Crippen LogP contribution in [0.1, 0.15) is 50.6 Å². The van der Waals surface area contributed by atoms with Gasteiger partial charge in [-0.3, -0.25) is 14.6 Å². The third-order valence-electron chi connectivity index (χ3n) is 7.38. The third kappa shape index (κ3) is 5.55. The molecule has 4 aromatic rings. The second-order valence-corrected chi connectivity index (χ2v) is 9.75. The second kappa shape index (κ2) is 11.8. The molecular formula is C30H32FN5O3. The van der Waals surface area contributed by atoms with Crippen LogP contribution in [0.3, 0.4) is 0 Å². The fraction of sp³-hybridized carbons (Fsp3) is 0.300. The van der Waals surface area contributed by atoms with E-state index < -0.39 is 0 Å². The van der Waals surface area contributed by atoms with Crippen molar-refractivity contribution < 1.29 is 18.7 Å². The molecule has 9 heteroatoms. The average molecular weight is 530 g/mol. The highest BCUT2D eigenvalue weighted by Crippen LogP contribution is 2.34. The molecule has 1 aliphatic rings. The highest BCUT2D eigenvalue weighted by molar-refractivity contribution is 6.15. The van der Waals surface area contributed by atoms with Gasteiger partial charge in [-0.2, -0.15) is 0 Å². The molecule has 0 atom stereocenters. The Bertz CT molecular complexity index is 1480. The number of nitrogens with one attached hydrogen (secondary N) is 1. The predicted molar refractivity (Wildman–Crippen MR) is 148 cm³/mol. The highest BCUT2D eigenvalue weighted by atomic mass is 19.1. The number of piperidine rings is 1. The van der Waals surface area contributed by atoms with Crippen molar-refractivity contribution in [2.45, 2.75) is 31.8 Å². The molecule has 0 spiro atoms. The Morgan fingerprint density at radius 2 is 1.90 bits per heavy atom. The molecule has 0 bridgehead atoms. The fourth-order valence-corrected chi connectivity index (χ4v) is 5.29. The van der Waals surface area contributed by atoms with Gasteiger partial charge in [-0.15, -0.1) is 0 Å². The minimum Gasteiger partial charge on any atom is -0.383 e. The quantitative estimate of drug-likeness (QED) is 0.349. The first-order valence-corrected chi connectivity index (χ1v) is 13.1.